The van der Waals surface area contributed by atoms with Crippen molar-refractivity contribution in [3.05, 3.63) is 35.9 Å². The van der Waals surface area contributed by atoms with Crippen molar-refractivity contribution in [1.82, 2.24) is 0 Å². The minimum absolute atomic E-state index is 0.00410. The summed E-state index contributed by atoms with van der Waals surface area (Å²) in [5.74, 6) is -1.40. The number of primary amides is 1. The number of nitrogens with zero attached hydrogens (tertiary/aromatic N) is 1. The van der Waals surface area contributed by atoms with Gasteiger partial charge in [-0.1, -0.05) is 30.4 Å². The van der Waals surface area contributed by atoms with Gasteiger partial charge in [0.2, 0.25) is 11.9 Å². The molecule has 0 aliphatic carbocycles. The van der Waals surface area contributed by atoms with Crippen molar-refractivity contribution in [3.63, 3.8) is 0 Å². The highest BCUT2D eigenvalue weighted by molar-refractivity contribution is 5.86. The SMILES string of the molecule is NC(=O)C(N1CC=Cc2ccccc21)C(F)(F)F. The molecule has 1 amide bonds. The van der Waals surface area contributed by atoms with Crippen LogP contribution in [-0.4, -0.2) is 24.7 Å². The van der Waals surface area contributed by atoms with Gasteiger partial charge in [-0.15, -0.1) is 0 Å². The first-order valence-corrected chi connectivity index (χ1v) is 5.29. The second kappa shape index (κ2) is 4.36. The number of carbonyl (C=O) groups is 1. The van der Waals surface area contributed by atoms with E-state index in [1.807, 2.05) is 0 Å². The van der Waals surface area contributed by atoms with Gasteiger partial charge in [0.25, 0.3) is 0 Å². The molecule has 18 heavy (non-hydrogen) atoms. The first-order valence-electron chi connectivity index (χ1n) is 5.29. The van der Waals surface area contributed by atoms with Crippen LogP contribution in [0.2, 0.25) is 0 Å². The first-order chi connectivity index (χ1) is 8.41. The summed E-state index contributed by atoms with van der Waals surface area (Å²) in [5.41, 5.74) is 5.89. The normalized spacial score (nSPS) is 16.3. The van der Waals surface area contributed by atoms with E-state index in [1.54, 1.807) is 36.4 Å². The Balaban J connectivity index is 2.45. The van der Waals surface area contributed by atoms with Crippen LogP contribution in [0.5, 0.6) is 0 Å². The molecule has 0 bridgehead atoms. The number of amides is 1. The number of para-hydroxylation sites is 1. The highest BCUT2D eigenvalue weighted by Crippen LogP contribution is 2.33. The molecule has 0 spiro atoms. The number of halogens is 3. The van der Waals surface area contributed by atoms with Gasteiger partial charge in [-0.3, -0.25) is 4.79 Å². The zero-order valence-electron chi connectivity index (χ0n) is 9.32. The number of nitrogens with two attached hydrogens (primary N) is 1. The molecule has 1 aromatic carbocycles. The maximum Gasteiger partial charge on any atom is 0.417 e. The van der Waals surface area contributed by atoms with Gasteiger partial charge in [-0.05, 0) is 11.6 Å². The van der Waals surface area contributed by atoms with Crippen LogP contribution in [-0.2, 0) is 4.79 Å². The predicted molar refractivity (Wildman–Crippen MR) is 61.9 cm³/mol. The van der Waals surface area contributed by atoms with Crippen molar-refractivity contribution < 1.29 is 18.0 Å². The summed E-state index contributed by atoms with van der Waals surface area (Å²) in [6.45, 7) is 0.00410. The number of rotatable bonds is 2. The Morgan fingerprint density at radius 2 is 2.00 bits per heavy atom. The minimum atomic E-state index is -4.69. The van der Waals surface area contributed by atoms with Gasteiger partial charge in [0, 0.05) is 12.2 Å². The van der Waals surface area contributed by atoms with E-state index < -0.39 is 18.1 Å². The standard InChI is InChI=1S/C12H11F3N2O/c13-12(14,15)10(11(16)18)17-7-3-5-8-4-1-2-6-9(8)17/h1-6,10H,7H2,(H2,16,18). The van der Waals surface area contributed by atoms with Crippen LogP contribution >= 0.6 is 0 Å². The lowest BCUT2D eigenvalue weighted by molar-refractivity contribution is -0.161. The average molecular weight is 256 g/mol. The van der Waals surface area contributed by atoms with Crippen LogP contribution in [0.1, 0.15) is 5.56 Å². The molecule has 0 saturated carbocycles. The fraction of sp³-hybridized carbons (Fsp3) is 0.250. The average Bonchev–Trinajstić information content (AvgIpc) is 2.27. The number of anilines is 1. The van der Waals surface area contributed by atoms with Crippen molar-refractivity contribution >= 4 is 17.7 Å². The first kappa shape index (κ1) is 12.5. The summed E-state index contributed by atoms with van der Waals surface area (Å²) in [5, 5.41) is 0. The van der Waals surface area contributed by atoms with Gasteiger partial charge in [0.05, 0.1) is 0 Å². The molecule has 1 aromatic rings. The molecule has 96 valence electrons. The van der Waals surface area contributed by atoms with Crippen LogP contribution in [0.25, 0.3) is 6.08 Å². The molecule has 3 nitrogen and oxygen atoms in total. The molecule has 0 aromatic heterocycles. The van der Waals surface area contributed by atoms with Crippen LogP contribution in [0.15, 0.2) is 30.3 Å². The van der Waals surface area contributed by atoms with Crippen LogP contribution < -0.4 is 10.6 Å². The van der Waals surface area contributed by atoms with E-state index >= 15 is 0 Å². The molecular formula is C12H11F3N2O. The van der Waals surface area contributed by atoms with Crippen LogP contribution in [0, 0.1) is 0 Å². The predicted octanol–water partition coefficient (Wildman–Crippen LogP) is 1.94. The Morgan fingerprint density at radius 3 is 2.61 bits per heavy atom. The van der Waals surface area contributed by atoms with E-state index in [-0.39, 0.29) is 6.54 Å². The molecule has 2 N–H and O–H groups in total. The van der Waals surface area contributed by atoms with Gasteiger partial charge in [0.15, 0.2) is 0 Å². The van der Waals surface area contributed by atoms with Crippen molar-refractivity contribution in [2.45, 2.75) is 12.2 Å². The van der Waals surface area contributed by atoms with Gasteiger partial charge < -0.3 is 10.6 Å². The van der Waals surface area contributed by atoms with Crippen molar-refractivity contribution in [2.75, 3.05) is 11.4 Å². The maximum atomic E-state index is 12.9. The highest BCUT2D eigenvalue weighted by Gasteiger charge is 2.48. The zero-order chi connectivity index (χ0) is 13.3. The highest BCUT2D eigenvalue weighted by atomic mass is 19.4. The number of hydrogen-bond donors (Lipinski definition) is 1. The van der Waals surface area contributed by atoms with Crippen molar-refractivity contribution in [2.24, 2.45) is 5.73 Å². The molecular weight excluding hydrogens is 245 g/mol. The van der Waals surface area contributed by atoms with E-state index in [0.29, 0.717) is 11.3 Å². The zero-order valence-corrected chi connectivity index (χ0v) is 9.32. The van der Waals surface area contributed by atoms with Crippen molar-refractivity contribution in [1.29, 1.82) is 0 Å². The summed E-state index contributed by atoms with van der Waals surface area (Å²) >= 11 is 0. The Morgan fingerprint density at radius 1 is 1.33 bits per heavy atom. The second-order valence-corrected chi connectivity index (χ2v) is 3.96. The fourth-order valence-corrected chi connectivity index (χ4v) is 2.02. The summed E-state index contributed by atoms with van der Waals surface area (Å²) in [4.78, 5) is 12.1. The Kier molecular flexibility index (Phi) is 3.02. The lowest BCUT2D eigenvalue weighted by Crippen LogP contribution is -2.54. The molecule has 0 fully saturated rings. The summed E-state index contributed by atoms with van der Waals surface area (Å²) in [7, 11) is 0. The third-order valence-electron chi connectivity index (χ3n) is 2.74. The Hall–Kier alpha value is -1.98. The molecule has 6 heteroatoms. The lowest BCUT2D eigenvalue weighted by Gasteiger charge is -2.34. The summed E-state index contributed by atoms with van der Waals surface area (Å²) in [6, 6.07) is 4.27. The van der Waals surface area contributed by atoms with E-state index in [2.05, 4.69) is 0 Å². The van der Waals surface area contributed by atoms with Crippen LogP contribution in [0.3, 0.4) is 0 Å². The van der Waals surface area contributed by atoms with Gasteiger partial charge >= 0.3 is 6.18 Å². The lowest BCUT2D eigenvalue weighted by atomic mass is 10.0. The molecule has 1 aliphatic heterocycles. The van der Waals surface area contributed by atoms with E-state index in [0.717, 1.165) is 4.90 Å². The second-order valence-electron chi connectivity index (χ2n) is 3.96. The largest absolute Gasteiger partial charge is 0.417 e. The molecule has 1 atom stereocenters. The summed E-state index contributed by atoms with van der Waals surface area (Å²) in [6.07, 6.45) is -1.39. The van der Waals surface area contributed by atoms with Gasteiger partial charge in [-0.25, -0.2) is 0 Å². The van der Waals surface area contributed by atoms with E-state index in [4.69, 9.17) is 5.73 Å². The minimum Gasteiger partial charge on any atom is -0.368 e. The number of alkyl halides is 3. The van der Waals surface area contributed by atoms with Crippen LogP contribution in [0.4, 0.5) is 18.9 Å². The molecule has 0 radical (unpaired) electrons. The number of carbonyl (C=O) groups excluding carboxylic acids is 1. The topological polar surface area (TPSA) is 46.3 Å². The number of benzene rings is 1. The maximum absolute atomic E-state index is 12.9. The molecule has 0 saturated heterocycles. The quantitative estimate of drug-likeness (QED) is 0.878. The smallest absolute Gasteiger partial charge is 0.368 e. The van der Waals surface area contributed by atoms with E-state index in [9.17, 15) is 18.0 Å². The molecule has 1 aliphatic rings. The number of fused-ring (bicyclic) bond motifs is 1. The third-order valence-corrected chi connectivity index (χ3v) is 2.74. The monoisotopic (exact) mass is 256 g/mol. The summed E-state index contributed by atoms with van der Waals surface area (Å²) < 4.78 is 38.6. The Bertz CT molecular complexity index is 496. The fourth-order valence-electron chi connectivity index (χ4n) is 2.02. The third kappa shape index (κ3) is 2.18. The van der Waals surface area contributed by atoms with Gasteiger partial charge in [-0.2, -0.15) is 13.2 Å². The molecule has 2 rings (SSSR count). The van der Waals surface area contributed by atoms with Gasteiger partial charge in [0.1, 0.15) is 0 Å². The Labute approximate surface area is 102 Å². The molecule has 1 heterocycles. The van der Waals surface area contributed by atoms with E-state index in [1.165, 1.54) is 0 Å². The number of hydrogen-bond acceptors (Lipinski definition) is 2. The molecule has 1 unspecified atom stereocenters. The van der Waals surface area contributed by atoms with Crippen molar-refractivity contribution in [3.8, 4) is 0 Å².